The third-order valence-electron chi connectivity index (χ3n) is 4.99. The van der Waals surface area contributed by atoms with Gasteiger partial charge in [-0.05, 0) is 55.8 Å². The monoisotopic (exact) mass is 454 g/mol. The normalized spacial score (nSPS) is 14.0. The van der Waals surface area contributed by atoms with Crippen molar-refractivity contribution in [3.63, 3.8) is 0 Å². The van der Waals surface area contributed by atoms with Gasteiger partial charge in [0, 0.05) is 17.3 Å². The molecule has 0 saturated carbocycles. The van der Waals surface area contributed by atoms with Crippen LogP contribution >= 0.6 is 0 Å². The second-order valence-electron chi connectivity index (χ2n) is 7.67. The van der Waals surface area contributed by atoms with Crippen LogP contribution in [0.25, 0.3) is 0 Å². The van der Waals surface area contributed by atoms with Crippen molar-refractivity contribution in [3.8, 4) is 5.75 Å². The highest BCUT2D eigenvalue weighted by atomic mass is 32.2. The lowest BCUT2D eigenvalue weighted by atomic mass is 10.1. The maximum absolute atomic E-state index is 12.7. The largest absolute Gasteiger partial charge is 0.486 e. The summed E-state index contributed by atoms with van der Waals surface area (Å²) in [6.45, 7) is 4.26. The smallest absolute Gasteiger partial charge is 0.339 e. The van der Waals surface area contributed by atoms with Gasteiger partial charge in [0.25, 0.3) is 15.9 Å². The molecule has 1 amide bonds. The molecule has 0 spiro atoms. The number of aryl methyl sites for hydroxylation is 2. The molecule has 1 N–H and O–H groups in total. The minimum absolute atomic E-state index is 0.177. The Bertz CT molecular complexity index is 1310. The van der Waals surface area contributed by atoms with Crippen molar-refractivity contribution in [3.05, 3.63) is 88.0 Å². The average molecular weight is 455 g/mol. The molecular formula is C23H22N2O6S. The summed E-state index contributed by atoms with van der Waals surface area (Å²) in [5.74, 6) is 0.695. The fraction of sp³-hybridized carbons (Fsp3) is 0.217. The molecule has 3 aromatic rings. The second kappa shape index (κ2) is 8.51. The van der Waals surface area contributed by atoms with Crippen LogP contribution in [0.5, 0.6) is 5.75 Å². The number of hydrogen-bond donors (Lipinski definition) is 1. The molecule has 1 aliphatic rings. The molecular weight excluding hydrogens is 432 g/mol. The Labute approximate surface area is 185 Å². The van der Waals surface area contributed by atoms with E-state index in [9.17, 15) is 18.0 Å². The number of amides is 1. The highest BCUT2D eigenvalue weighted by molar-refractivity contribution is 7.92. The number of carbonyl (C=O) groups is 1. The van der Waals surface area contributed by atoms with Gasteiger partial charge < -0.3 is 14.1 Å². The van der Waals surface area contributed by atoms with Crippen LogP contribution < -0.4 is 15.1 Å². The number of anilines is 1. The maximum Gasteiger partial charge on any atom is 0.339 e. The van der Waals surface area contributed by atoms with E-state index < -0.39 is 15.6 Å². The summed E-state index contributed by atoms with van der Waals surface area (Å²) in [5, 5.41) is 0. The van der Waals surface area contributed by atoms with Gasteiger partial charge in [-0.3, -0.25) is 9.52 Å². The molecule has 0 aliphatic carbocycles. The van der Waals surface area contributed by atoms with Crippen molar-refractivity contribution >= 4 is 21.6 Å². The van der Waals surface area contributed by atoms with Crippen LogP contribution in [0.4, 0.5) is 5.69 Å². The first kappa shape index (κ1) is 21.6. The summed E-state index contributed by atoms with van der Waals surface area (Å²) in [6.07, 6.45) is -0.208. The van der Waals surface area contributed by atoms with Crippen LogP contribution in [0.15, 0.2) is 74.8 Å². The molecule has 8 nitrogen and oxygen atoms in total. The Balaban J connectivity index is 1.35. The molecule has 1 aliphatic heterocycles. The van der Waals surface area contributed by atoms with Gasteiger partial charge in [-0.15, -0.1) is 0 Å². The fourth-order valence-electron chi connectivity index (χ4n) is 3.37. The van der Waals surface area contributed by atoms with Crippen molar-refractivity contribution in [2.24, 2.45) is 0 Å². The highest BCUT2D eigenvalue weighted by Crippen LogP contribution is 2.22. The molecule has 32 heavy (non-hydrogen) atoms. The summed E-state index contributed by atoms with van der Waals surface area (Å²) < 4.78 is 38.2. The summed E-state index contributed by atoms with van der Waals surface area (Å²) in [6, 6.07) is 15.8. The number of likely N-dealkylation sites (tertiary alicyclic amines) is 1. The molecule has 0 bridgehead atoms. The zero-order chi connectivity index (χ0) is 22.9. The summed E-state index contributed by atoms with van der Waals surface area (Å²) in [7, 11) is -3.71. The van der Waals surface area contributed by atoms with E-state index in [0.29, 0.717) is 35.9 Å². The van der Waals surface area contributed by atoms with Crippen molar-refractivity contribution in [2.45, 2.75) is 24.8 Å². The van der Waals surface area contributed by atoms with Crippen molar-refractivity contribution in [2.75, 3.05) is 17.8 Å². The first-order valence-corrected chi connectivity index (χ1v) is 11.5. The van der Waals surface area contributed by atoms with Crippen LogP contribution in [0.3, 0.4) is 0 Å². The SMILES string of the molecule is Cc1cccc(S(=O)(=O)Nc2ccc(C(=O)N3CC(Oc4cc(C)oc(=O)c4)C3)cc2)c1. The van der Waals surface area contributed by atoms with Gasteiger partial charge in [0.2, 0.25) is 0 Å². The van der Waals surface area contributed by atoms with Gasteiger partial charge in [-0.2, -0.15) is 0 Å². The molecule has 2 heterocycles. The number of carbonyl (C=O) groups excluding carboxylic acids is 1. The lowest BCUT2D eigenvalue weighted by Gasteiger charge is -2.39. The predicted molar refractivity (Wildman–Crippen MR) is 118 cm³/mol. The molecule has 0 atom stereocenters. The molecule has 166 valence electrons. The van der Waals surface area contributed by atoms with Crippen molar-refractivity contribution < 1.29 is 22.4 Å². The van der Waals surface area contributed by atoms with Gasteiger partial charge in [-0.1, -0.05) is 12.1 Å². The minimum atomic E-state index is -3.71. The third-order valence-corrected chi connectivity index (χ3v) is 6.37. The van der Waals surface area contributed by atoms with Crippen molar-refractivity contribution in [1.82, 2.24) is 4.90 Å². The summed E-state index contributed by atoms with van der Waals surface area (Å²) in [5.41, 5.74) is 1.17. The van der Waals surface area contributed by atoms with Gasteiger partial charge in [0.1, 0.15) is 17.6 Å². The van der Waals surface area contributed by atoms with Gasteiger partial charge >= 0.3 is 5.63 Å². The fourth-order valence-corrected chi connectivity index (χ4v) is 4.54. The van der Waals surface area contributed by atoms with E-state index >= 15 is 0 Å². The van der Waals surface area contributed by atoms with Crippen molar-refractivity contribution in [1.29, 1.82) is 0 Å². The van der Waals surface area contributed by atoms with E-state index in [2.05, 4.69) is 4.72 Å². The Morgan fingerprint density at radius 1 is 1.06 bits per heavy atom. The Morgan fingerprint density at radius 2 is 1.78 bits per heavy atom. The van der Waals surface area contributed by atoms with Crippen LogP contribution in [0.2, 0.25) is 0 Å². The van der Waals surface area contributed by atoms with Crippen LogP contribution in [-0.4, -0.2) is 38.4 Å². The minimum Gasteiger partial charge on any atom is -0.486 e. The number of rotatable bonds is 6. The number of ether oxygens (including phenoxy) is 1. The predicted octanol–water partition coefficient (Wildman–Crippen LogP) is 2.96. The Morgan fingerprint density at radius 3 is 2.44 bits per heavy atom. The van der Waals surface area contributed by atoms with Crippen LogP contribution in [0.1, 0.15) is 21.7 Å². The van der Waals surface area contributed by atoms with Crippen LogP contribution in [-0.2, 0) is 10.0 Å². The molecule has 0 radical (unpaired) electrons. The van der Waals surface area contributed by atoms with E-state index in [0.717, 1.165) is 5.56 Å². The van der Waals surface area contributed by atoms with E-state index in [1.807, 2.05) is 13.0 Å². The van der Waals surface area contributed by atoms with E-state index in [4.69, 9.17) is 9.15 Å². The summed E-state index contributed by atoms with van der Waals surface area (Å²) in [4.78, 5) is 25.9. The number of benzene rings is 2. The topological polar surface area (TPSA) is 106 Å². The van der Waals surface area contributed by atoms with Gasteiger partial charge in [-0.25, -0.2) is 13.2 Å². The standard InChI is InChI=1S/C23H22N2O6S/c1-15-4-3-5-21(10-15)32(28,29)24-18-8-6-17(7-9-18)23(27)25-13-20(14-25)31-19-11-16(2)30-22(26)12-19/h3-12,20,24H,13-14H2,1-2H3. The number of hydrogen-bond acceptors (Lipinski definition) is 6. The molecule has 4 rings (SSSR count). The maximum atomic E-state index is 12.7. The average Bonchev–Trinajstić information content (AvgIpc) is 2.69. The lowest BCUT2D eigenvalue weighted by Crippen LogP contribution is -2.56. The molecule has 0 unspecified atom stereocenters. The number of nitrogens with zero attached hydrogens (tertiary/aromatic N) is 1. The van der Waals surface area contributed by atoms with E-state index in [-0.39, 0.29) is 16.9 Å². The molecule has 1 aromatic heterocycles. The van der Waals surface area contributed by atoms with E-state index in [1.165, 1.54) is 12.1 Å². The zero-order valence-electron chi connectivity index (χ0n) is 17.6. The van der Waals surface area contributed by atoms with Crippen LogP contribution in [0, 0.1) is 13.8 Å². The molecule has 1 fully saturated rings. The first-order valence-electron chi connectivity index (χ1n) is 9.97. The lowest BCUT2D eigenvalue weighted by molar-refractivity contribution is 0.0175. The zero-order valence-corrected chi connectivity index (χ0v) is 18.4. The second-order valence-corrected chi connectivity index (χ2v) is 9.35. The van der Waals surface area contributed by atoms with Gasteiger partial charge in [0.05, 0.1) is 24.1 Å². The molecule has 1 saturated heterocycles. The third kappa shape index (κ3) is 4.83. The Kier molecular flexibility index (Phi) is 5.75. The molecule has 2 aromatic carbocycles. The quantitative estimate of drug-likeness (QED) is 0.614. The van der Waals surface area contributed by atoms with E-state index in [1.54, 1.807) is 54.3 Å². The number of nitrogens with one attached hydrogen (secondary N) is 1. The highest BCUT2D eigenvalue weighted by Gasteiger charge is 2.33. The Hall–Kier alpha value is -3.59. The van der Waals surface area contributed by atoms with Gasteiger partial charge in [0.15, 0.2) is 0 Å². The molecule has 9 heteroatoms. The summed E-state index contributed by atoms with van der Waals surface area (Å²) >= 11 is 0. The number of sulfonamides is 1. The first-order chi connectivity index (χ1) is 15.2.